The lowest BCUT2D eigenvalue weighted by Gasteiger charge is -2.26. The Balaban J connectivity index is 1.79. The van der Waals surface area contributed by atoms with E-state index in [0.29, 0.717) is 5.58 Å². The molecule has 29 heavy (non-hydrogen) atoms. The van der Waals surface area contributed by atoms with Crippen LogP contribution >= 0.6 is 15.9 Å². The predicted octanol–water partition coefficient (Wildman–Crippen LogP) is 4.42. The highest BCUT2D eigenvalue weighted by Crippen LogP contribution is 2.39. The summed E-state index contributed by atoms with van der Waals surface area (Å²) in [6, 6.07) is 15.4. The van der Waals surface area contributed by atoms with Gasteiger partial charge in [0.15, 0.2) is 11.5 Å². The lowest BCUT2D eigenvalue weighted by Crippen LogP contribution is -2.33. The van der Waals surface area contributed by atoms with Crippen molar-refractivity contribution in [2.45, 2.75) is 6.04 Å². The molecule has 1 aliphatic rings. The largest absolute Gasteiger partial charge is 0.503 e. The molecule has 0 aliphatic carbocycles. The number of carbonyl (C=O) groups excluding carboxylic acids is 2. The van der Waals surface area contributed by atoms with Crippen molar-refractivity contribution in [1.29, 1.82) is 0 Å². The summed E-state index contributed by atoms with van der Waals surface area (Å²) in [6.45, 7) is 0.519. The van der Waals surface area contributed by atoms with Gasteiger partial charge in [0.1, 0.15) is 5.58 Å². The Hall–Kier alpha value is -2.90. The van der Waals surface area contributed by atoms with Crippen molar-refractivity contribution in [2.75, 3.05) is 20.3 Å². The molecular weight excluding hydrogens is 438 g/mol. The third kappa shape index (κ3) is 3.47. The number of hydrogen-bond donors (Lipinski definition) is 1. The maximum atomic E-state index is 13.3. The van der Waals surface area contributed by atoms with E-state index in [9.17, 15) is 14.7 Å². The smallest absolute Gasteiger partial charge is 0.290 e. The number of amides is 1. The number of methoxy groups -OCH3 is 1. The van der Waals surface area contributed by atoms with E-state index in [-0.39, 0.29) is 24.5 Å². The zero-order valence-corrected chi connectivity index (χ0v) is 17.2. The molecule has 1 atom stereocenters. The molecule has 0 saturated heterocycles. The lowest BCUT2D eigenvalue weighted by atomic mass is 9.95. The molecule has 1 N–H and O–H groups in total. The highest BCUT2D eigenvalue weighted by molar-refractivity contribution is 9.10. The highest BCUT2D eigenvalue weighted by atomic mass is 79.9. The van der Waals surface area contributed by atoms with E-state index < -0.39 is 23.5 Å². The van der Waals surface area contributed by atoms with Crippen molar-refractivity contribution in [3.05, 3.63) is 81.7 Å². The minimum atomic E-state index is -0.716. The molecule has 1 aromatic heterocycles. The Morgan fingerprint density at radius 1 is 1.21 bits per heavy atom. The summed E-state index contributed by atoms with van der Waals surface area (Å²) < 4.78 is 11.7. The Morgan fingerprint density at radius 2 is 1.97 bits per heavy atom. The number of carbonyl (C=O) groups is 2. The quantitative estimate of drug-likeness (QED) is 0.556. The van der Waals surface area contributed by atoms with Crippen LogP contribution in [-0.4, -0.2) is 42.0 Å². The normalized spacial score (nSPS) is 16.8. The summed E-state index contributed by atoms with van der Waals surface area (Å²) in [5.74, 6) is -1.60. The van der Waals surface area contributed by atoms with Crippen molar-refractivity contribution in [1.82, 2.24) is 4.90 Å². The summed E-state index contributed by atoms with van der Waals surface area (Å²) in [4.78, 5) is 27.5. The van der Waals surface area contributed by atoms with Crippen molar-refractivity contribution >= 4 is 38.6 Å². The van der Waals surface area contributed by atoms with E-state index >= 15 is 0 Å². The summed E-state index contributed by atoms with van der Waals surface area (Å²) in [5.41, 5.74) is 1.28. The highest BCUT2D eigenvalue weighted by Gasteiger charge is 2.44. The van der Waals surface area contributed by atoms with Gasteiger partial charge in [-0.3, -0.25) is 9.59 Å². The Kier molecular flexibility index (Phi) is 5.25. The van der Waals surface area contributed by atoms with Gasteiger partial charge in [0.05, 0.1) is 18.2 Å². The van der Waals surface area contributed by atoms with E-state index in [1.54, 1.807) is 12.1 Å². The minimum absolute atomic E-state index is 0.00965. The van der Waals surface area contributed by atoms with Crippen LogP contribution in [0.3, 0.4) is 0 Å². The first-order valence-corrected chi connectivity index (χ1v) is 9.82. The van der Waals surface area contributed by atoms with Gasteiger partial charge in [0.25, 0.3) is 5.91 Å². The minimum Gasteiger partial charge on any atom is -0.503 e. The Morgan fingerprint density at radius 3 is 2.69 bits per heavy atom. The molecule has 3 aromatic rings. The summed E-state index contributed by atoms with van der Waals surface area (Å²) >= 11 is 3.40. The number of Topliss-reactive ketones (excluding diaryl/α,β-unsaturated/α-hetero) is 1. The summed E-state index contributed by atoms with van der Waals surface area (Å²) in [6.07, 6.45) is 0. The van der Waals surface area contributed by atoms with E-state index in [1.165, 1.54) is 12.0 Å². The average molecular weight is 456 g/mol. The standard InChI is InChI=1S/C22H18BrNO5/c1-28-10-9-24-19(13-5-3-2-4-6-13)18(21(26)22(24)27)20(25)17-12-14-11-15(23)7-8-16(14)29-17/h2-8,11-12,19,26H,9-10H2,1H3. The van der Waals surface area contributed by atoms with Crippen LogP contribution in [0.5, 0.6) is 0 Å². The number of aliphatic hydroxyl groups excluding tert-OH is 1. The third-order valence-electron chi connectivity index (χ3n) is 4.90. The molecule has 0 fully saturated rings. The first kappa shape index (κ1) is 19.4. The van der Waals surface area contributed by atoms with Gasteiger partial charge < -0.3 is 19.2 Å². The first-order chi connectivity index (χ1) is 14.0. The molecule has 7 heteroatoms. The van der Waals surface area contributed by atoms with Crippen LogP contribution in [0.25, 0.3) is 11.0 Å². The fraction of sp³-hybridized carbons (Fsp3) is 0.182. The Labute approximate surface area is 175 Å². The van der Waals surface area contributed by atoms with Crippen LogP contribution < -0.4 is 0 Å². The fourth-order valence-corrected chi connectivity index (χ4v) is 3.93. The number of ketones is 1. The molecule has 6 nitrogen and oxygen atoms in total. The van der Waals surface area contributed by atoms with Gasteiger partial charge in [-0.15, -0.1) is 0 Å². The molecule has 4 rings (SSSR count). The third-order valence-corrected chi connectivity index (χ3v) is 5.40. The van der Waals surface area contributed by atoms with Gasteiger partial charge in [-0.2, -0.15) is 0 Å². The Bertz CT molecular complexity index is 1120. The number of hydrogen-bond acceptors (Lipinski definition) is 5. The maximum absolute atomic E-state index is 13.3. The predicted molar refractivity (Wildman–Crippen MR) is 111 cm³/mol. The summed E-state index contributed by atoms with van der Waals surface area (Å²) in [5, 5.41) is 11.3. The van der Waals surface area contributed by atoms with Crippen LogP contribution in [0, 0.1) is 0 Å². The van der Waals surface area contributed by atoms with Crippen LogP contribution in [-0.2, 0) is 9.53 Å². The molecule has 2 aromatic carbocycles. The topological polar surface area (TPSA) is 80.0 Å². The molecule has 1 unspecified atom stereocenters. The van der Waals surface area contributed by atoms with Crippen molar-refractivity contribution < 1.29 is 23.8 Å². The molecule has 1 amide bonds. The second kappa shape index (κ2) is 7.85. The molecule has 0 spiro atoms. The maximum Gasteiger partial charge on any atom is 0.290 e. The average Bonchev–Trinajstić information content (AvgIpc) is 3.25. The van der Waals surface area contributed by atoms with Crippen molar-refractivity contribution in [3.63, 3.8) is 0 Å². The molecule has 0 radical (unpaired) electrons. The second-order valence-electron chi connectivity index (χ2n) is 6.69. The SMILES string of the molecule is COCCN1C(=O)C(O)=C(C(=O)c2cc3cc(Br)ccc3o2)C1c1ccccc1. The van der Waals surface area contributed by atoms with Crippen LogP contribution in [0.4, 0.5) is 0 Å². The van der Waals surface area contributed by atoms with Crippen molar-refractivity contribution in [3.8, 4) is 0 Å². The number of ether oxygens (including phenoxy) is 1. The molecular formula is C22H18BrNO5. The number of nitrogens with zero attached hydrogens (tertiary/aromatic N) is 1. The van der Waals surface area contributed by atoms with E-state index in [4.69, 9.17) is 9.15 Å². The number of halogens is 1. The number of rotatable bonds is 6. The van der Waals surface area contributed by atoms with Crippen LogP contribution in [0.1, 0.15) is 22.2 Å². The van der Waals surface area contributed by atoms with E-state index in [1.807, 2.05) is 42.5 Å². The number of benzene rings is 2. The molecule has 2 heterocycles. The van der Waals surface area contributed by atoms with E-state index in [2.05, 4.69) is 15.9 Å². The van der Waals surface area contributed by atoms with Gasteiger partial charge in [-0.25, -0.2) is 0 Å². The van der Waals surface area contributed by atoms with Gasteiger partial charge in [-0.05, 0) is 29.8 Å². The van der Waals surface area contributed by atoms with Gasteiger partial charge in [0.2, 0.25) is 5.78 Å². The zero-order chi connectivity index (χ0) is 20.5. The monoisotopic (exact) mass is 455 g/mol. The van der Waals surface area contributed by atoms with Gasteiger partial charge >= 0.3 is 0 Å². The second-order valence-corrected chi connectivity index (χ2v) is 7.60. The zero-order valence-electron chi connectivity index (χ0n) is 15.6. The van der Waals surface area contributed by atoms with Crippen LogP contribution in [0.15, 0.2) is 74.8 Å². The number of furan rings is 1. The molecule has 1 aliphatic heterocycles. The lowest BCUT2D eigenvalue weighted by molar-refractivity contribution is -0.130. The van der Waals surface area contributed by atoms with Crippen molar-refractivity contribution in [2.24, 2.45) is 0 Å². The van der Waals surface area contributed by atoms with Crippen LogP contribution in [0.2, 0.25) is 0 Å². The number of aliphatic hydroxyl groups is 1. The number of fused-ring (bicyclic) bond motifs is 1. The molecule has 0 bridgehead atoms. The fourth-order valence-electron chi connectivity index (χ4n) is 3.55. The van der Waals surface area contributed by atoms with Gasteiger partial charge in [0, 0.05) is 23.5 Å². The van der Waals surface area contributed by atoms with Gasteiger partial charge in [-0.1, -0.05) is 46.3 Å². The molecule has 148 valence electrons. The first-order valence-electron chi connectivity index (χ1n) is 9.03. The summed E-state index contributed by atoms with van der Waals surface area (Å²) in [7, 11) is 1.53. The van der Waals surface area contributed by atoms with E-state index in [0.717, 1.165) is 15.4 Å². The molecule has 0 saturated carbocycles.